The molecule has 31 heavy (non-hydrogen) atoms. The van der Waals surface area contributed by atoms with Crippen LogP contribution < -0.4 is 10.2 Å². The average Bonchev–Trinajstić information content (AvgIpc) is 3.21. The van der Waals surface area contributed by atoms with Crippen molar-refractivity contribution in [3.05, 3.63) is 87.1 Å². The van der Waals surface area contributed by atoms with Crippen LogP contribution in [0.15, 0.2) is 70.7 Å². The molecule has 10 heteroatoms. The van der Waals surface area contributed by atoms with Crippen LogP contribution in [0.1, 0.15) is 5.76 Å². The van der Waals surface area contributed by atoms with Crippen LogP contribution in [0.4, 0.5) is 11.4 Å². The fraction of sp³-hybridized carbons (Fsp3) is 0. The number of nitro benzene ring substituents is 1. The van der Waals surface area contributed by atoms with E-state index in [2.05, 4.69) is 5.32 Å². The molecule has 154 valence electrons. The topological polar surface area (TPSA) is 106 Å². The van der Waals surface area contributed by atoms with E-state index in [1.54, 1.807) is 48.5 Å². The molecule has 1 fully saturated rings. The molecule has 1 saturated heterocycles. The largest absolute Gasteiger partial charge is 0.457 e. The van der Waals surface area contributed by atoms with Crippen LogP contribution in [-0.4, -0.2) is 21.9 Å². The maximum absolute atomic E-state index is 13.0. The van der Waals surface area contributed by atoms with Crippen LogP contribution in [0, 0.1) is 10.1 Å². The number of rotatable bonds is 4. The number of anilines is 1. The van der Waals surface area contributed by atoms with E-state index in [0.29, 0.717) is 22.0 Å². The summed E-state index contributed by atoms with van der Waals surface area (Å²) in [6, 6.07) is 15.5. The van der Waals surface area contributed by atoms with Gasteiger partial charge in [-0.2, -0.15) is 0 Å². The molecule has 0 spiro atoms. The number of carbonyl (C=O) groups is 2. The number of nitrogens with zero attached hydrogens (tertiary/aromatic N) is 2. The molecule has 0 aliphatic carbocycles. The van der Waals surface area contributed by atoms with Crippen molar-refractivity contribution in [1.82, 2.24) is 5.32 Å². The Bertz CT molecular complexity index is 1250. The first-order chi connectivity index (χ1) is 14.8. The van der Waals surface area contributed by atoms with Gasteiger partial charge in [0.25, 0.3) is 17.5 Å². The fourth-order valence-corrected chi connectivity index (χ4v) is 3.36. The molecule has 2 aromatic carbocycles. The maximum atomic E-state index is 13.0. The van der Waals surface area contributed by atoms with Crippen molar-refractivity contribution in [2.75, 3.05) is 4.90 Å². The highest BCUT2D eigenvalue weighted by Crippen LogP contribution is 2.27. The lowest BCUT2D eigenvalue weighted by Crippen LogP contribution is -2.54. The predicted molar refractivity (Wildman–Crippen MR) is 118 cm³/mol. The van der Waals surface area contributed by atoms with Crippen LogP contribution >= 0.6 is 23.8 Å². The van der Waals surface area contributed by atoms with Gasteiger partial charge in [0.1, 0.15) is 17.1 Å². The van der Waals surface area contributed by atoms with Crippen molar-refractivity contribution < 1.29 is 18.9 Å². The Morgan fingerprint density at radius 2 is 1.71 bits per heavy atom. The van der Waals surface area contributed by atoms with Gasteiger partial charge in [-0.25, -0.2) is 0 Å². The second-order valence-electron chi connectivity index (χ2n) is 6.44. The molecule has 0 atom stereocenters. The summed E-state index contributed by atoms with van der Waals surface area (Å²) in [6.45, 7) is 0. The summed E-state index contributed by atoms with van der Waals surface area (Å²) in [5.41, 5.74) is 0.864. The number of hydrogen-bond acceptors (Lipinski definition) is 6. The molecule has 2 amide bonds. The van der Waals surface area contributed by atoms with Gasteiger partial charge in [0.05, 0.1) is 10.6 Å². The van der Waals surface area contributed by atoms with E-state index in [1.165, 1.54) is 23.1 Å². The quantitative estimate of drug-likeness (QED) is 0.207. The van der Waals surface area contributed by atoms with Crippen molar-refractivity contribution in [3.63, 3.8) is 0 Å². The second kappa shape index (κ2) is 8.13. The summed E-state index contributed by atoms with van der Waals surface area (Å²) in [4.78, 5) is 36.9. The minimum atomic E-state index is -0.645. The van der Waals surface area contributed by atoms with E-state index in [9.17, 15) is 19.7 Å². The number of nitro groups is 1. The molecule has 1 aliphatic rings. The first-order valence-corrected chi connectivity index (χ1v) is 9.64. The lowest BCUT2D eigenvalue weighted by molar-refractivity contribution is -0.384. The summed E-state index contributed by atoms with van der Waals surface area (Å²) in [5, 5.41) is 13.7. The predicted octanol–water partition coefficient (Wildman–Crippen LogP) is 4.34. The zero-order valence-corrected chi connectivity index (χ0v) is 17.1. The Morgan fingerprint density at radius 3 is 2.35 bits per heavy atom. The third-order valence-electron chi connectivity index (χ3n) is 4.46. The number of hydrogen-bond donors (Lipinski definition) is 1. The minimum absolute atomic E-state index is 0.0412. The van der Waals surface area contributed by atoms with Gasteiger partial charge in [0, 0.05) is 22.7 Å². The lowest BCUT2D eigenvalue weighted by Gasteiger charge is -2.28. The summed E-state index contributed by atoms with van der Waals surface area (Å²) >= 11 is 11.0. The molecule has 1 N–H and O–H groups in total. The molecular formula is C21H12ClN3O5S. The fourth-order valence-electron chi connectivity index (χ4n) is 2.96. The van der Waals surface area contributed by atoms with E-state index < -0.39 is 16.7 Å². The number of furan rings is 1. The zero-order valence-electron chi connectivity index (χ0n) is 15.6. The highest BCUT2D eigenvalue weighted by Gasteiger charge is 2.34. The van der Waals surface area contributed by atoms with Crippen LogP contribution in [0.25, 0.3) is 17.4 Å². The number of halogens is 1. The third kappa shape index (κ3) is 4.09. The monoisotopic (exact) mass is 453 g/mol. The second-order valence-corrected chi connectivity index (χ2v) is 7.26. The van der Waals surface area contributed by atoms with Gasteiger partial charge in [-0.05, 0) is 66.8 Å². The van der Waals surface area contributed by atoms with Gasteiger partial charge in [-0.3, -0.25) is 29.9 Å². The van der Waals surface area contributed by atoms with Gasteiger partial charge in [-0.15, -0.1) is 0 Å². The summed E-state index contributed by atoms with van der Waals surface area (Å²) in [7, 11) is 0. The van der Waals surface area contributed by atoms with Gasteiger partial charge in [0.15, 0.2) is 5.11 Å². The van der Waals surface area contributed by atoms with Crippen LogP contribution in [-0.2, 0) is 9.59 Å². The van der Waals surface area contributed by atoms with Gasteiger partial charge < -0.3 is 4.42 Å². The Labute approximate surface area is 185 Å². The molecule has 3 aromatic rings. The molecule has 2 heterocycles. The van der Waals surface area contributed by atoms with E-state index in [-0.39, 0.29) is 22.1 Å². The van der Waals surface area contributed by atoms with Crippen LogP contribution in [0.5, 0.6) is 0 Å². The highest BCUT2D eigenvalue weighted by molar-refractivity contribution is 7.80. The standard InChI is InChI=1S/C21H12ClN3O5S/c22-13-3-7-14(8-4-13)24-20(27)17(19(26)23-21(24)31)11-16-9-10-18(30-16)12-1-5-15(6-2-12)25(28)29/h1-11H,(H,23,26,31)/b17-11-. The molecule has 8 nitrogen and oxygen atoms in total. The molecule has 0 radical (unpaired) electrons. The molecule has 1 aliphatic heterocycles. The van der Waals surface area contributed by atoms with Crippen molar-refractivity contribution in [2.45, 2.75) is 0 Å². The minimum Gasteiger partial charge on any atom is -0.457 e. The Balaban J connectivity index is 1.63. The van der Waals surface area contributed by atoms with Crippen molar-refractivity contribution >= 4 is 58.2 Å². The molecule has 0 bridgehead atoms. The van der Waals surface area contributed by atoms with Crippen molar-refractivity contribution in [3.8, 4) is 11.3 Å². The number of benzene rings is 2. The van der Waals surface area contributed by atoms with Gasteiger partial charge >= 0.3 is 0 Å². The van der Waals surface area contributed by atoms with E-state index in [4.69, 9.17) is 28.2 Å². The first-order valence-electron chi connectivity index (χ1n) is 8.85. The Kier molecular flexibility index (Phi) is 5.37. The molecule has 4 rings (SSSR count). The smallest absolute Gasteiger partial charge is 0.270 e. The van der Waals surface area contributed by atoms with Crippen LogP contribution in [0.2, 0.25) is 5.02 Å². The molecule has 0 unspecified atom stereocenters. The lowest BCUT2D eigenvalue weighted by atomic mass is 10.1. The van der Waals surface area contributed by atoms with E-state index in [0.717, 1.165) is 0 Å². The summed E-state index contributed by atoms with van der Waals surface area (Å²) < 4.78 is 5.71. The molecule has 0 saturated carbocycles. The number of non-ortho nitro benzene ring substituents is 1. The summed E-state index contributed by atoms with van der Waals surface area (Å²) in [5.74, 6) is -0.566. The normalized spacial score (nSPS) is 15.3. The molecule has 1 aromatic heterocycles. The first kappa shape index (κ1) is 20.5. The average molecular weight is 454 g/mol. The number of thiocarbonyl (C=S) groups is 1. The van der Waals surface area contributed by atoms with Gasteiger partial charge in [-0.1, -0.05) is 11.6 Å². The van der Waals surface area contributed by atoms with E-state index in [1.807, 2.05) is 0 Å². The highest BCUT2D eigenvalue weighted by atomic mass is 35.5. The summed E-state index contributed by atoms with van der Waals surface area (Å²) in [6.07, 6.45) is 1.32. The Morgan fingerprint density at radius 1 is 1.03 bits per heavy atom. The van der Waals surface area contributed by atoms with E-state index >= 15 is 0 Å². The maximum Gasteiger partial charge on any atom is 0.270 e. The van der Waals surface area contributed by atoms with Crippen molar-refractivity contribution in [2.24, 2.45) is 0 Å². The number of amides is 2. The number of carbonyl (C=O) groups excluding carboxylic acids is 2. The van der Waals surface area contributed by atoms with Crippen molar-refractivity contribution in [1.29, 1.82) is 0 Å². The van der Waals surface area contributed by atoms with Crippen LogP contribution in [0.3, 0.4) is 0 Å². The third-order valence-corrected chi connectivity index (χ3v) is 5.00. The number of nitrogens with one attached hydrogen (secondary N) is 1. The molecular weight excluding hydrogens is 442 g/mol. The zero-order chi connectivity index (χ0) is 22.1. The van der Waals surface area contributed by atoms with Gasteiger partial charge in [0.2, 0.25) is 0 Å². The SMILES string of the molecule is O=C1NC(=S)N(c2ccc(Cl)cc2)C(=O)/C1=C\c1ccc(-c2ccc([N+](=O)[O-])cc2)o1. The Hall–Kier alpha value is -3.82.